The molecule has 4 heteroatoms. The highest BCUT2D eigenvalue weighted by Gasteiger charge is 2.06. The fraction of sp³-hybridized carbons (Fsp3) is 0. The topological polar surface area (TPSA) is 54.7 Å². The zero-order valence-electron chi connectivity index (χ0n) is 12.3. The van der Waals surface area contributed by atoms with Gasteiger partial charge in [-0.1, -0.05) is 48.0 Å². The number of nitrogen functional groups attached to an aromatic ring is 1. The van der Waals surface area contributed by atoms with Crippen LogP contribution in [0.1, 0.15) is 0 Å². The Hall–Kier alpha value is -2.78. The summed E-state index contributed by atoms with van der Waals surface area (Å²) in [5.41, 5.74) is 11.7. The molecule has 3 nitrogen and oxygen atoms in total. The van der Waals surface area contributed by atoms with Crippen molar-refractivity contribution in [3.05, 3.63) is 71.8 Å². The van der Waals surface area contributed by atoms with Crippen LogP contribution in [0.3, 0.4) is 0 Å². The van der Waals surface area contributed by atoms with Gasteiger partial charge in [0.25, 0.3) is 0 Å². The summed E-state index contributed by atoms with van der Waals surface area (Å²) in [7, 11) is 0. The summed E-state index contributed by atoms with van der Waals surface area (Å²) in [4.78, 5) is 7.92. The first-order valence-electron chi connectivity index (χ1n) is 7.31. The van der Waals surface area contributed by atoms with Crippen LogP contribution in [0.25, 0.3) is 33.5 Å². The summed E-state index contributed by atoms with van der Waals surface area (Å²) in [6, 6.07) is 21.8. The fourth-order valence-corrected chi connectivity index (χ4v) is 2.75. The smallest absolute Gasteiger partial charge is 0.138 e. The maximum atomic E-state index is 5.93. The van der Waals surface area contributed by atoms with Crippen molar-refractivity contribution in [2.24, 2.45) is 0 Å². The molecule has 23 heavy (non-hydrogen) atoms. The first-order chi connectivity index (χ1) is 11.2. The van der Waals surface area contributed by atoms with Crippen LogP contribution in [0.15, 0.2) is 66.7 Å². The Morgan fingerprint density at radius 3 is 2.09 bits per heavy atom. The second kappa shape index (κ2) is 5.45. The zero-order chi connectivity index (χ0) is 15.8. The van der Waals surface area contributed by atoms with E-state index >= 15 is 0 Å². The third-order valence-electron chi connectivity index (χ3n) is 3.84. The number of rotatable bonds is 2. The fourth-order valence-electron chi connectivity index (χ4n) is 2.63. The highest BCUT2D eigenvalue weighted by atomic mass is 35.5. The lowest BCUT2D eigenvalue weighted by atomic mass is 10.0. The van der Waals surface area contributed by atoms with Crippen molar-refractivity contribution < 1.29 is 0 Å². The molecule has 112 valence electrons. The van der Waals surface area contributed by atoms with E-state index in [0.29, 0.717) is 0 Å². The van der Waals surface area contributed by atoms with E-state index in [1.807, 2.05) is 42.5 Å². The third-order valence-corrected chi connectivity index (χ3v) is 4.09. The Labute approximate surface area is 138 Å². The highest BCUT2D eigenvalue weighted by Crippen LogP contribution is 2.26. The number of hydrogen-bond donors (Lipinski definition) is 2. The van der Waals surface area contributed by atoms with Crippen LogP contribution in [0.4, 0.5) is 5.69 Å². The summed E-state index contributed by atoms with van der Waals surface area (Å²) in [5, 5.41) is 0.743. The van der Waals surface area contributed by atoms with Crippen LogP contribution in [-0.2, 0) is 0 Å². The molecule has 1 aromatic heterocycles. The van der Waals surface area contributed by atoms with Gasteiger partial charge in [-0.2, -0.15) is 0 Å². The number of anilines is 1. The number of aromatic amines is 1. The van der Waals surface area contributed by atoms with E-state index in [1.165, 1.54) is 0 Å². The van der Waals surface area contributed by atoms with Gasteiger partial charge in [0.1, 0.15) is 5.82 Å². The Morgan fingerprint density at radius 2 is 1.39 bits per heavy atom. The summed E-state index contributed by atoms with van der Waals surface area (Å²) in [5.74, 6) is 0.841. The molecule has 0 saturated heterocycles. The molecule has 4 rings (SSSR count). The number of benzene rings is 3. The predicted molar refractivity (Wildman–Crippen MR) is 96.4 cm³/mol. The van der Waals surface area contributed by atoms with Crippen molar-refractivity contribution in [3.8, 4) is 22.5 Å². The average Bonchev–Trinajstić information content (AvgIpc) is 2.99. The van der Waals surface area contributed by atoms with E-state index in [0.717, 1.165) is 44.3 Å². The molecule has 0 radical (unpaired) electrons. The second-order valence-corrected chi connectivity index (χ2v) is 5.88. The first-order valence-corrected chi connectivity index (χ1v) is 7.68. The average molecular weight is 320 g/mol. The Bertz CT molecular complexity index is 970. The molecule has 0 fully saturated rings. The minimum Gasteiger partial charge on any atom is -0.399 e. The molecule has 3 aromatic carbocycles. The second-order valence-electron chi connectivity index (χ2n) is 5.45. The van der Waals surface area contributed by atoms with Gasteiger partial charge in [-0.15, -0.1) is 0 Å². The third kappa shape index (κ3) is 2.67. The molecule has 0 aliphatic rings. The van der Waals surface area contributed by atoms with Gasteiger partial charge in [0.05, 0.1) is 11.0 Å². The van der Waals surface area contributed by atoms with Gasteiger partial charge in [0.2, 0.25) is 0 Å². The van der Waals surface area contributed by atoms with Crippen molar-refractivity contribution in [2.45, 2.75) is 0 Å². The Morgan fingerprint density at radius 1 is 0.783 bits per heavy atom. The van der Waals surface area contributed by atoms with Crippen LogP contribution >= 0.6 is 11.6 Å². The van der Waals surface area contributed by atoms with Gasteiger partial charge < -0.3 is 10.7 Å². The number of halogens is 1. The van der Waals surface area contributed by atoms with Crippen molar-refractivity contribution in [1.82, 2.24) is 9.97 Å². The molecule has 1 heterocycles. The maximum Gasteiger partial charge on any atom is 0.138 e. The van der Waals surface area contributed by atoms with Gasteiger partial charge >= 0.3 is 0 Å². The predicted octanol–water partition coefficient (Wildman–Crippen LogP) is 5.13. The summed E-state index contributed by atoms with van der Waals surface area (Å²) in [6.07, 6.45) is 0. The number of fused-ring (bicyclic) bond motifs is 1. The van der Waals surface area contributed by atoms with Crippen LogP contribution in [0, 0.1) is 0 Å². The normalized spacial score (nSPS) is 11.0. The lowest BCUT2D eigenvalue weighted by molar-refractivity contribution is 1.34. The number of H-pyrrole nitrogens is 1. The van der Waals surface area contributed by atoms with Crippen LogP contribution < -0.4 is 5.73 Å². The number of nitrogens with one attached hydrogen (secondary N) is 1. The van der Waals surface area contributed by atoms with E-state index in [4.69, 9.17) is 17.3 Å². The van der Waals surface area contributed by atoms with E-state index < -0.39 is 0 Å². The Kier molecular flexibility index (Phi) is 3.28. The summed E-state index contributed by atoms with van der Waals surface area (Å²) >= 11 is 5.93. The van der Waals surface area contributed by atoms with Gasteiger partial charge in [-0.25, -0.2) is 4.98 Å². The van der Waals surface area contributed by atoms with Gasteiger partial charge in [0, 0.05) is 16.3 Å². The number of imidazole rings is 1. The molecule has 0 unspecified atom stereocenters. The molecule has 0 saturated carbocycles. The molecular formula is C19H14ClN3. The standard InChI is InChI=1S/C19H14ClN3/c20-15-7-5-13(6-8-15)12-1-3-14(4-2-12)19-22-17-10-9-16(21)11-18(17)23-19/h1-11H,21H2,(H,22,23). The molecular weight excluding hydrogens is 306 g/mol. The molecule has 0 aliphatic heterocycles. The molecule has 0 bridgehead atoms. The minimum absolute atomic E-state index is 0.728. The van der Waals surface area contributed by atoms with Gasteiger partial charge in [0.15, 0.2) is 0 Å². The van der Waals surface area contributed by atoms with E-state index in [-0.39, 0.29) is 0 Å². The number of hydrogen-bond acceptors (Lipinski definition) is 2. The number of aromatic nitrogens is 2. The van der Waals surface area contributed by atoms with E-state index in [9.17, 15) is 0 Å². The minimum atomic E-state index is 0.728. The van der Waals surface area contributed by atoms with Gasteiger partial charge in [-0.05, 0) is 41.5 Å². The van der Waals surface area contributed by atoms with Crippen LogP contribution in [0.2, 0.25) is 5.02 Å². The first kappa shape index (κ1) is 13.9. The molecule has 0 spiro atoms. The molecule has 0 aliphatic carbocycles. The maximum absolute atomic E-state index is 5.93. The van der Waals surface area contributed by atoms with Crippen molar-refractivity contribution in [3.63, 3.8) is 0 Å². The molecule has 0 atom stereocenters. The molecule has 0 amide bonds. The molecule has 4 aromatic rings. The lowest BCUT2D eigenvalue weighted by Gasteiger charge is -2.03. The van der Waals surface area contributed by atoms with Crippen LogP contribution in [-0.4, -0.2) is 9.97 Å². The summed E-state index contributed by atoms with van der Waals surface area (Å²) in [6.45, 7) is 0. The SMILES string of the molecule is Nc1ccc2nc(-c3ccc(-c4ccc(Cl)cc4)cc3)[nH]c2c1. The van der Waals surface area contributed by atoms with Crippen molar-refractivity contribution in [1.29, 1.82) is 0 Å². The number of nitrogens with two attached hydrogens (primary N) is 1. The highest BCUT2D eigenvalue weighted by molar-refractivity contribution is 6.30. The van der Waals surface area contributed by atoms with Gasteiger partial charge in [-0.3, -0.25) is 0 Å². The largest absolute Gasteiger partial charge is 0.399 e. The quantitative estimate of drug-likeness (QED) is 0.503. The van der Waals surface area contributed by atoms with Crippen molar-refractivity contribution in [2.75, 3.05) is 5.73 Å². The molecule has 3 N–H and O–H groups in total. The van der Waals surface area contributed by atoms with Crippen molar-refractivity contribution >= 4 is 28.3 Å². The van der Waals surface area contributed by atoms with Crippen LogP contribution in [0.5, 0.6) is 0 Å². The zero-order valence-corrected chi connectivity index (χ0v) is 13.0. The summed E-state index contributed by atoms with van der Waals surface area (Å²) < 4.78 is 0. The van der Waals surface area contributed by atoms with E-state index in [1.54, 1.807) is 0 Å². The number of nitrogens with zero attached hydrogens (tertiary/aromatic N) is 1. The lowest BCUT2D eigenvalue weighted by Crippen LogP contribution is -1.82. The Balaban J connectivity index is 1.70. The monoisotopic (exact) mass is 319 g/mol. The van der Waals surface area contributed by atoms with E-state index in [2.05, 4.69) is 34.2 Å².